The van der Waals surface area contributed by atoms with E-state index in [9.17, 15) is 8.42 Å². The summed E-state index contributed by atoms with van der Waals surface area (Å²) < 4.78 is 27.2. The zero-order valence-corrected chi connectivity index (χ0v) is 13.3. The molecule has 0 spiro atoms. The monoisotopic (exact) mass is 325 g/mol. The van der Waals surface area contributed by atoms with Gasteiger partial charge < -0.3 is 5.73 Å². The molecule has 0 bridgehead atoms. The van der Waals surface area contributed by atoms with Crippen LogP contribution in [0.5, 0.6) is 0 Å². The molecule has 0 unspecified atom stereocenters. The molecule has 1 aromatic carbocycles. The number of pyridine rings is 1. The molecule has 0 aliphatic carbocycles. The molecule has 0 aliphatic rings. The molecule has 0 amide bonds. The summed E-state index contributed by atoms with van der Waals surface area (Å²) in [5.74, 6) is 0. The van der Waals surface area contributed by atoms with Gasteiger partial charge in [-0.1, -0.05) is 17.7 Å². The average molecular weight is 326 g/mol. The molecule has 0 radical (unpaired) electrons. The first-order chi connectivity index (χ1) is 9.79. The van der Waals surface area contributed by atoms with Gasteiger partial charge in [0.2, 0.25) is 10.0 Å². The second-order valence-electron chi connectivity index (χ2n) is 4.77. The number of aromatic nitrogens is 1. The van der Waals surface area contributed by atoms with E-state index in [0.717, 1.165) is 11.3 Å². The predicted octanol–water partition coefficient (Wildman–Crippen LogP) is 2.41. The van der Waals surface area contributed by atoms with Crippen LogP contribution < -0.4 is 10.5 Å². The van der Waals surface area contributed by atoms with Crippen LogP contribution in [0.15, 0.2) is 35.4 Å². The van der Waals surface area contributed by atoms with Crippen molar-refractivity contribution in [3.8, 4) is 0 Å². The van der Waals surface area contributed by atoms with Gasteiger partial charge in [-0.3, -0.25) is 4.98 Å². The van der Waals surface area contributed by atoms with E-state index in [0.29, 0.717) is 10.6 Å². The number of anilines is 1. The summed E-state index contributed by atoms with van der Waals surface area (Å²) >= 11 is 5.88. The second kappa shape index (κ2) is 6.01. The molecule has 1 aromatic heterocycles. The van der Waals surface area contributed by atoms with Crippen molar-refractivity contribution in [2.24, 2.45) is 0 Å². The van der Waals surface area contributed by atoms with Crippen LogP contribution in [-0.4, -0.2) is 13.4 Å². The highest BCUT2D eigenvalue weighted by atomic mass is 35.5. The smallest absolute Gasteiger partial charge is 0.241 e. The number of aryl methyl sites for hydroxylation is 2. The highest BCUT2D eigenvalue weighted by molar-refractivity contribution is 7.89. The standard InChI is InChI=1S/C14H16ClN3O2S/c1-9-5-12(15)13(16)6-14(9)21(19,20)18-8-11-4-3-10(2)17-7-11/h3-7,18H,8,16H2,1-2H3. The molecule has 3 N–H and O–H groups in total. The number of nitrogens with zero attached hydrogens (tertiary/aromatic N) is 1. The molecule has 0 saturated carbocycles. The Bertz CT molecular complexity index is 759. The van der Waals surface area contributed by atoms with Gasteiger partial charge in [0.1, 0.15) is 0 Å². The van der Waals surface area contributed by atoms with Crippen molar-refractivity contribution in [1.29, 1.82) is 0 Å². The van der Waals surface area contributed by atoms with Gasteiger partial charge in [0.25, 0.3) is 0 Å². The number of sulfonamides is 1. The first-order valence-electron chi connectivity index (χ1n) is 6.26. The minimum atomic E-state index is -3.65. The van der Waals surface area contributed by atoms with Crippen molar-refractivity contribution in [2.75, 3.05) is 5.73 Å². The zero-order valence-electron chi connectivity index (χ0n) is 11.7. The predicted molar refractivity (Wildman–Crippen MR) is 83.6 cm³/mol. The van der Waals surface area contributed by atoms with Crippen LogP contribution >= 0.6 is 11.6 Å². The lowest BCUT2D eigenvalue weighted by Crippen LogP contribution is -2.24. The summed E-state index contributed by atoms with van der Waals surface area (Å²) in [7, 11) is -3.65. The largest absolute Gasteiger partial charge is 0.397 e. The Hall–Kier alpha value is -1.63. The van der Waals surface area contributed by atoms with Crippen LogP contribution in [-0.2, 0) is 16.6 Å². The molecule has 112 valence electrons. The molecule has 0 atom stereocenters. The van der Waals surface area contributed by atoms with Gasteiger partial charge in [-0.2, -0.15) is 0 Å². The third-order valence-corrected chi connectivity index (χ3v) is 4.89. The minimum Gasteiger partial charge on any atom is -0.397 e. The van der Waals surface area contributed by atoms with E-state index in [4.69, 9.17) is 17.3 Å². The maximum atomic E-state index is 12.3. The second-order valence-corrected chi connectivity index (χ2v) is 6.91. The molecular weight excluding hydrogens is 310 g/mol. The van der Waals surface area contributed by atoms with Gasteiger partial charge in [0.05, 0.1) is 15.6 Å². The summed E-state index contributed by atoms with van der Waals surface area (Å²) in [6.07, 6.45) is 1.64. The van der Waals surface area contributed by atoms with Crippen LogP contribution in [0.3, 0.4) is 0 Å². The van der Waals surface area contributed by atoms with E-state index >= 15 is 0 Å². The van der Waals surface area contributed by atoms with Crippen molar-refractivity contribution in [3.05, 3.63) is 52.3 Å². The molecule has 21 heavy (non-hydrogen) atoms. The normalized spacial score (nSPS) is 11.6. The topological polar surface area (TPSA) is 85.1 Å². The van der Waals surface area contributed by atoms with Crippen LogP contribution in [0, 0.1) is 13.8 Å². The summed E-state index contributed by atoms with van der Waals surface area (Å²) in [6, 6.07) is 6.56. The number of nitrogens with two attached hydrogens (primary N) is 1. The Kier molecular flexibility index (Phi) is 4.51. The maximum absolute atomic E-state index is 12.3. The Labute approximate surface area is 129 Å². The van der Waals surface area contributed by atoms with Gasteiger partial charge >= 0.3 is 0 Å². The van der Waals surface area contributed by atoms with Crippen LogP contribution in [0.25, 0.3) is 0 Å². The summed E-state index contributed by atoms with van der Waals surface area (Å²) in [4.78, 5) is 4.25. The number of nitrogen functional groups attached to an aromatic ring is 1. The highest BCUT2D eigenvalue weighted by Crippen LogP contribution is 2.26. The molecular formula is C14H16ClN3O2S. The average Bonchev–Trinajstić information content (AvgIpc) is 2.42. The zero-order chi connectivity index (χ0) is 15.6. The summed E-state index contributed by atoms with van der Waals surface area (Å²) in [5.41, 5.74) is 8.12. The van der Waals surface area contributed by atoms with Gasteiger partial charge in [-0.05, 0) is 43.2 Å². The Morgan fingerprint density at radius 1 is 1.29 bits per heavy atom. The molecule has 0 fully saturated rings. The lowest BCUT2D eigenvalue weighted by Gasteiger charge is -2.11. The van der Waals surface area contributed by atoms with E-state index in [2.05, 4.69) is 9.71 Å². The molecule has 7 heteroatoms. The molecule has 2 rings (SSSR count). The van der Waals surface area contributed by atoms with Crippen molar-refractivity contribution < 1.29 is 8.42 Å². The van der Waals surface area contributed by atoms with E-state index in [-0.39, 0.29) is 17.1 Å². The number of benzene rings is 1. The Morgan fingerprint density at radius 3 is 2.62 bits per heavy atom. The summed E-state index contributed by atoms with van der Waals surface area (Å²) in [5, 5.41) is 0.342. The number of hydrogen-bond acceptors (Lipinski definition) is 4. The Balaban J connectivity index is 2.22. The number of hydrogen-bond donors (Lipinski definition) is 2. The lowest BCUT2D eigenvalue weighted by atomic mass is 10.2. The molecule has 0 aliphatic heterocycles. The van der Waals surface area contributed by atoms with Crippen LogP contribution in [0.1, 0.15) is 16.8 Å². The van der Waals surface area contributed by atoms with Crippen molar-refractivity contribution in [2.45, 2.75) is 25.3 Å². The summed E-state index contributed by atoms with van der Waals surface area (Å²) in [6.45, 7) is 3.71. The van der Waals surface area contributed by atoms with E-state index < -0.39 is 10.0 Å². The van der Waals surface area contributed by atoms with Crippen LogP contribution in [0.2, 0.25) is 5.02 Å². The Morgan fingerprint density at radius 2 is 2.00 bits per heavy atom. The minimum absolute atomic E-state index is 0.129. The van der Waals surface area contributed by atoms with Crippen molar-refractivity contribution >= 4 is 27.3 Å². The maximum Gasteiger partial charge on any atom is 0.241 e. The quantitative estimate of drug-likeness (QED) is 0.845. The van der Waals surface area contributed by atoms with E-state index in [1.54, 1.807) is 19.2 Å². The first kappa shape index (κ1) is 15.8. The van der Waals surface area contributed by atoms with Gasteiger partial charge in [-0.25, -0.2) is 13.1 Å². The van der Waals surface area contributed by atoms with Crippen LogP contribution in [0.4, 0.5) is 5.69 Å². The number of nitrogens with one attached hydrogen (secondary N) is 1. The van der Waals surface area contributed by atoms with Gasteiger partial charge in [-0.15, -0.1) is 0 Å². The van der Waals surface area contributed by atoms with E-state index in [1.807, 2.05) is 19.1 Å². The highest BCUT2D eigenvalue weighted by Gasteiger charge is 2.18. The number of rotatable bonds is 4. The molecule has 1 heterocycles. The van der Waals surface area contributed by atoms with Gasteiger partial charge in [0.15, 0.2) is 0 Å². The number of halogens is 1. The molecule has 5 nitrogen and oxygen atoms in total. The van der Waals surface area contributed by atoms with Crippen molar-refractivity contribution in [3.63, 3.8) is 0 Å². The van der Waals surface area contributed by atoms with E-state index in [1.165, 1.54) is 6.07 Å². The SMILES string of the molecule is Cc1ccc(CNS(=O)(=O)c2cc(N)c(Cl)cc2C)cn1. The van der Waals surface area contributed by atoms with Crippen molar-refractivity contribution in [1.82, 2.24) is 9.71 Å². The fourth-order valence-corrected chi connectivity index (χ4v) is 3.31. The lowest BCUT2D eigenvalue weighted by molar-refractivity contribution is 0.580. The third-order valence-electron chi connectivity index (χ3n) is 3.02. The molecule has 0 saturated heterocycles. The fraction of sp³-hybridized carbons (Fsp3) is 0.214. The third kappa shape index (κ3) is 3.72. The van der Waals surface area contributed by atoms with Gasteiger partial charge in [0, 0.05) is 18.4 Å². The fourth-order valence-electron chi connectivity index (χ4n) is 1.82. The first-order valence-corrected chi connectivity index (χ1v) is 8.12. The molecule has 2 aromatic rings.